The van der Waals surface area contributed by atoms with E-state index in [-0.39, 0.29) is 18.7 Å². The number of carbonyl (C=O) groups is 1. The summed E-state index contributed by atoms with van der Waals surface area (Å²) >= 11 is 0. The molecule has 7 N–H and O–H groups in total. The second kappa shape index (κ2) is 5.83. The molecule has 0 rings (SSSR count). The van der Waals surface area contributed by atoms with Gasteiger partial charge in [-0.1, -0.05) is 0 Å². The molecule has 0 saturated heterocycles. The standard InChI is InChI=1S/C4H9N3O2.H3N/c1-9-3(8)2-7-4(5)6;/h2H2,1H3,(H4,5,6,7);1H3. The SMILES string of the molecule is COC(=O)CN=C(N)N.N. The van der Waals surface area contributed by atoms with Crippen molar-refractivity contribution >= 4 is 11.9 Å². The molecule has 60 valence electrons. The molecule has 6 nitrogen and oxygen atoms in total. The minimum atomic E-state index is -0.455. The quantitative estimate of drug-likeness (QED) is 0.252. The normalized spacial score (nSPS) is 7.30. The molecule has 0 unspecified atom stereocenters. The molecule has 6 heteroatoms. The fraction of sp³-hybridized carbons (Fsp3) is 0.500. The van der Waals surface area contributed by atoms with E-state index in [0.717, 1.165) is 0 Å². The van der Waals surface area contributed by atoms with Crippen LogP contribution in [0.15, 0.2) is 4.99 Å². The highest BCUT2D eigenvalue weighted by Gasteiger charge is 1.94. The predicted molar refractivity (Wildman–Crippen MR) is 37.7 cm³/mol. The average Bonchev–Trinajstić information content (AvgIpc) is 1.83. The number of hydrogen-bond donors (Lipinski definition) is 3. The lowest BCUT2D eigenvalue weighted by molar-refractivity contribution is -0.138. The molecule has 0 fully saturated rings. The lowest BCUT2D eigenvalue weighted by Gasteiger charge is -1.92. The lowest BCUT2D eigenvalue weighted by atomic mass is 10.7. The van der Waals surface area contributed by atoms with Gasteiger partial charge in [-0.15, -0.1) is 0 Å². The van der Waals surface area contributed by atoms with E-state index >= 15 is 0 Å². The van der Waals surface area contributed by atoms with Gasteiger partial charge in [0, 0.05) is 0 Å². The zero-order chi connectivity index (χ0) is 7.28. The first-order valence-corrected chi connectivity index (χ1v) is 2.29. The maximum absolute atomic E-state index is 10.3. The Morgan fingerprint density at radius 2 is 2.10 bits per heavy atom. The van der Waals surface area contributed by atoms with Crippen LogP contribution >= 0.6 is 0 Å². The maximum atomic E-state index is 10.3. The van der Waals surface area contributed by atoms with E-state index in [1.165, 1.54) is 7.11 Å². The average molecular weight is 148 g/mol. The van der Waals surface area contributed by atoms with Gasteiger partial charge in [0.25, 0.3) is 0 Å². The summed E-state index contributed by atoms with van der Waals surface area (Å²) in [6.45, 7) is -0.112. The Labute approximate surface area is 58.8 Å². The smallest absolute Gasteiger partial charge is 0.327 e. The Morgan fingerprint density at radius 3 is 2.40 bits per heavy atom. The second-order valence-electron chi connectivity index (χ2n) is 1.32. The van der Waals surface area contributed by atoms with Crippen LogP contribution in [-0.4, -0.2) is 25.6 Å². The van der Waals surface area contributed by atoms with E-state index < -0.39 is 5.97 Å². The van der Waals surface area contributed by atoms with Gasteiger partial charge in [0.05, 0.1) is 7.11 Å². The molecule has 0 aliphatic carbocycles. The number of hydrogen-bond acceptors (Lipinski definition) is 4. The first-order valence-electron chi connectivity index (χ1n) is 2.29. The zero-order valence-corrected chi connectivity index (χ0v) is 5.83. The van der Waals surface area contributed by atoms with Crippen molar-refractivity contribution in [2.24, 2.45) is 16.5 Å². The molecule has 0 aliphatic rings. The number of guanidine groups is 1. The Morgan fingerprint density at radius 1 is 1.60 bits per heavy atom. The van der Waals surface area contributed by atoms with Gasteiger partial charge in [-0.25, -0.2) is 4.99 Å². The molecule has 0 atom stereocenters. The van der Waals surface area contributed by atoms with Crippen molar-refractivity contribution in [1.29, 1.82) is 0 Å². The summed E-state index contributed by atoms with van der Waals surface area (Å²) in [5.74, 6) is -0.566. The predicted octanol–water partition coefficient (Wildman–Crippen LogP) is -1.41. The monoisotopic (exact) mass is 148 g/mol. The zero-order valence-electron chi connectivity index (χ0n) is 5.83. The van der Waals surface area contributed by atoms with E-state index in [2.05, 4.69) is 9.73 Å². The number of rotatable bonds is 2. The van der Waals surface area contributed by atoms with E-state index in [1.54, 1.807) is 0 Å². The van der Waals surface area contributed by atoms with Crippen molar-refractivity contribution in [3.05, 3.63) is 0 Å². The Kier molecular flexibility index (Phi) is 6.70. The van der Waals surface area contributed by atoms with Crippen molar-refractivity contribution in [2.75, 3.05) is 13.7 Å². The molecular weight excluding hydrogens is 136 g/mol. The van der Waals surface area contributed by atoms with Crippen molar-refractivity contribution in [2.45, 2.75) is 0 Å². The minimum absolute atomic E-state index is 0. The van der Waals surface area contributed by atoms with Gasteiger partial charge in [-0.05, 0) is 0 Å². The molecule has 0 aliphatic heterocycles. The van der Waals surface area contributed by atoms with Crippen LogP contribution in [0.4, 0.5) is 0 Å². The highest BCUT2D eigenvalue weighted by atomic mass is 16.5. The molecule has 0 radical (unpaired) electrons. The topological polar surface area (TPSA) is 126 Å². The van der Waals surface area contributed by atoms with Crippen LogP contribution in [0.3, 0.4) is 0 Å². The number of methoxy groups -OCH3 is 1. The fourth-order valence-corrected chi connectivity index (χ4v) is 0.220. The van der Waals surface area contributed by atoms with Gasteiger partial charge in [-0.2, -0.15) is 0 Å². The number of nitrogens with zero attached hydrogens (tertiary/aromatic N) is 1. The third-order valence-corrected chi connectivity index (χ3v) is 0.618. The van der Waals surface area contributed by atoms with Gasteiger partial charge in [0.15, 0.2) is 5.96 Å². The van der Waals surface area contributed by atoms with E-state index in [1.807, 2.05) is 0 Å². The van der Waals surface area contributed by atoms with Crippen LogP contribution in [0, 0.1) is 0 Å². The van der Waals surface area contributed by atoms with Crippen LogP contribution in [0.5, 0.6) is 0 Å². The third kappa shape index (κ3) is 6.70. The van der Waals surface area contributed by atoms with Crippen LogP contribution in [0.1, 0.15) is 0 Å². The first kappa shape index (κ1) is 11.5. The molecule has 0 bridgehead atoms. The maximum Gasteiger partial charge on any atom is 0.327 e. The van der Waals surface area contributed by atoms with Gasteiger partial charge in [0.1, 0.15) is 6.54 Å². The van der Waals surface area contributed by atoms with Crippen LogP contribution < -0.4 is 17.6 Å². The van der Waals surface area contributed by atoms with Crippen molar-refractivity contribution in [3.8, 4) is 0 Å². The molecular formula is C4H12N4O2. The van der Waals surface area contributed by atoms with E-state index in [0.29, 0.717) is 0 Å². The van der Waals surface area contributed by atoms with Gasteiger partial charge in [0.2, 0.25) is 0 Å². The second-order valence-corrected chi connectivity index (χ2v) is 1.32. The lowest BCUT2D eigenvalue weighted by Crippen LogP contribution is -2.24. The molecule has 0 saturated carbocycles. The molecule has 0 spiro atoms. The van der Waals surface area contributed by atoms with Crippen molar-refractivity contribution in [3.63, 3.8) is 0 Å². The van der Waals surface area contributed by atoms with Crippen molar-refractivity contribution in [1.82, 2.24) is 6.15 Å². The summed E-state index contributed by atoms with van der Waals surface area (Å²) in [5.41, 5.74) is 9.83. The first-order chi connectivity index (χ1) is 4.16. The number of ether oxygens (including phenoxy) is 1. The number of aliphatic imine (C=N–C) groups is 1. The van der Waals surface area contributed by atoms with Crippen LogP contribution in [0.2, 0.25) is 0 Å². The van der Waals surface area contributed by atoms with Gasteiger partial charge >= 0.3 is 5.97 Å². The number of esters is 1. The fourth-order valence-electron chi connectivity index (χ4n) is 0.220. The molecule has 0 amide bonds. The summed E-state index contributed by atoms with van der Waals surface area (Å²) in [7, 11) is 1.27. The van der Waals surface area contributed by atoms with E-state index in [4.69, 9.17) is 11.5 Å². The highest BCUT2D eigenvalue weighted by Crippen LogP contribution is 1.73. The molecule has 10 heavy (non-hydrogen) atoms. The molecule has 0 aromatic carbocycles. The molecule has 0 heterocycles. The Bertz CT molecular complexity index is 129. The largest absolute Gasteiger partial charge is 0.468 e. The van der Waals surface area contributed by atoms with Gasteiger partial charge in [-0.3, -0.25) is 4.79 Å². The van der Waals surface area contributed by atoms with Crippen LogP contribution in [-0.2, 0) is 9.53 Å². The minimum Gasteiger partial charge on any atom is -0.468 e. The van der Waals surface area contributed by atoms with E-state index in [9.17, 15) is 4.79 Å². The number of carbonyl (C=O) groups excluding carboxylic acids is 1. The Hall–Kier alpha value is -1.30. The number of nitrogens with two attached hydrogens (primary N) is 2. The van der Waals surface area contributed by atoms with Crippen molar-refractivity contribution < 1.29 is 9.53 Å². The molecule has 0 aromatic heterocycles. The third-order valence-electron chi connectivity index (χ3n) is 0.618. The summed E-state index contributed by atoms with van der Waals surface area (Å²) in [4.78, 5) is 13.7. The highest BCUT2D eigenvalue weighted by molar-refractivity contribution is 5.80. The summed E-state index contributed by atoms with van der Waals surface area (Å²) in [6.07, 6.45) is 0. The summed E-state index contributed by atoms with van der Waals surface area (Å²) < 4.78 is 4.24. The summed E-state index contributed by atoms with van der Waals surface area (Å²) in [6, 6.07) is 0. The van der Waals surface area contributed by atoms with Crippen LogP contribution in [0.25, 0.3) is 0 Å². The Balaban J connectivity index is 0. The van der Waals surface area contributed by atoms with Gasteiger partial charge < -0.3 is 22.4 Å². The molecule has 0 aromatic rings. The summed E-state index contributed by atoms with van der Waals surface area (Å²) in [5, 5.41) is 0.